The number of carbonyl (C=O) groups excluding carboxylic acids is 2. The summed E-state index contributed by atoms with van der Waals surface area (Å²) in [4.78, 5) is 39.4. The molecule has 8 nitrogen and oxygen atoms in total. The van der Waals surface area contributed by atoms with Crippen LogP contribution in [0.3, 0.4) is 0 Å². The van der Waals surface area contributed by atoms with E-state index in [9.17, 15) is 9.59 Å². The van der Waals surface area contributed by atoms with Gasteiger partial charge in [0, 0.05) is 55.5 Å². The highest BCUT2D eigenvalue weighted by molar-refractivity contribution is 5.98. The van der Waals surface area contributed by atoms with E-state index < -0.39 is 0 Å². The van der Waals surface area contributed by atoms with Gasteiger partial charge in [-0.2, -0.15) is 0 Å². The lowest BCUT2D eigenvalue weighted by Gasteiger charge is -2.31. The molecule has 1 aliphatic carbocycles. The van der Waals surface area contributed by atoms with Crippen LogP contribution in [0.25, 0.3) is 22.0 Å². The van der Waals surface area contributed by atoms with Crippen molar-refractivity contribution < 1.29 is 9.59 Å². The molecule has 2 fully saturated rings. The van der Waals surface area contributed by atoms with Crippen LogP contribution in [-0.2, 0) is 9.59 Å². The number of pyridine rings is 3. The van der Waals surface area contributed by atoms with E-state index in [0.717, 1.165) is 59.9 Å². The van der Waals surface area contributed by atoms with Gasteiger partial charge in [-0.1, -0.05) is 0 Å². The van der Waals surface area contributed by atoms with Gasteiger partial charge in [0.25, 0.3) is 0 Å². The molecule has 2 atom stereocenters. The molecule has 0 aromatic carbocycles. The summed E-state index contributed by atoms with van der Waals surface area (Å²) >= 11 is 0. The van der Waals surface area contributed by atoms with Crippen molar-refractivity contribution >= 4 is 34.2 Å². The number of aromatic nitrogens is 3. The Balaban J connectivity index is 1.29. The zero-order valence-corrected chi connectivity index (χ0v) is 18.9. The first kappa shape index (κ1) is 21.3. The van der Waals surface area contributed by atoms with Crippen LogP contribution < -0.4 is 11.1 Å². The maximum atomic E-state index is 12.9. The second kappa shape index (κ2) is 8.42. The van der Waals surface area contributed by atoms with E-state index in [2.05, 4.69) is 20.3 Å². The summed E-state index contributed by atoms with van der Waals surface area (Å²) in [5.74, 6) is 2.01. The first-order chi connectivity index (χ1) is 15.9. The van der Waals surface area contributed by atoms with Crippen LogP contribution in [0.4, 0.5) is 11.6 Å². The van der Waals surface area contributed by atoms with Crippen LogP contribution in [0.1, 0.15) is 31.7 Å². The number of hydrogen-bond acceptors (Lipinski definition) is 6. The van der Waals surface area contributed by atoms with Crippen molar-refractivity contribution in [1.82, 2.24) is 19.9 Å². The Kier molecular flexibility index (Phi) is 5.44. The summed E-state index contributed by atoms with van der Waals surface area (Å²) in [6.45, 7) is 5.22. The fraction of sp³-hybridized carbons (Fsp3) is 0.400. The Morgan fingerprint density at radius 2 is 1.97 bits per heavy atom. The molecule has 0 unspecified atom stereocenters. The lowest BCUT2D eigenvalue weighted by Crippen LogP contribution is -2.37. The first-order valence-electron chi connectivity index (χ1n) is 11.4. The predicted molar refractivity (Wildman–Crippen MR) is 127 cm³/mol. The number of nitrogens with one attached hydrogen (secondary N) is 1. The summed E-state index contributed by atoms with van der Waals surface area (Å²) in [6, 6.07) is 5.74. The van der Waals surface area contributed by atoms with Gasteiger partial charge >= 0.3 is 0 Å². The van der Waals surface area contributed by atoms with Crippen molar-refractivity contribution in [3.8, 4) is 11.3 Å². The van der Waals surface area contributed by atoms with E-state index in [-0.39, 0.29) is 17.7 Å². The quantitative estimate of drug-likeness (QED) is 0.637. The molecule has 3 aromatic heterocycles. The molecule has 170 valence electrons. The largest absolute Gasteiger partial charge is 0.383 e. The molecule has 5 rings (SSSR count). The highest BCUT2D eigenvalue weighted by Crippen LogP contribution is 2.48. The number of carbonyl (C=O) groups is 2. The minimum absolute atomic E-state index is 0.0196. The summed E-state index contributed by atoms with van der Waals surface area (Å²) in [6.07, 6.45) is 8.05. The molecule has 0 radical (unpaired) electrons. The molecule has 1 saturated carbocycles. The van der Waals surface area contributed by atoms with Gasteiger partial charge in [0.1, 0.15) is 11.6 Å². The molecule has 2 amide bonds. The third-order valence-corrected chi connectivity index (χ3v) is 7.08. The number of rotatable bonds is 4. The number of piperidine rings is 1. The minimum atomic E-state index is 0.0196. The second-order valence-corrected chi connectivity index (χ2v) is 9.21. The Morgan fingerprint density at radius 3 is 2.70 bits per heavy atom. The molecule has 2 aliphatic rings. The van der Waals surface area contributed by atoms with Crippen LogP contribution in [-0.4, -0.2) is 44.8 Å². The lowest BCUT2D eigenvalue weighted by atomic mass is 9.91. The molecule has 0 spiro atoms. The molecule has 1 saturated heterocycles. The average molecular weight is 445 g/mol. The predicted octanol–water partition coefficient (Wildman–Crippen LogP) is 3.42. The number of aryl methyl sites for hydroxylation is 1. The van der Waals surface area contributed by atoms with Crippen molar-refractivity contribution in [2.45, 2.75) is 33.1 Å². The van der Waals surface area contributed by atoms with Gasteiger partial charge in [0.2, 0.25) is 11.8 Å². The Hall–Kier alpha value is -3.55. The van der Waals surface area contributed by atoms with Gasteiger partial charge in [-0.15, -0.1) is 0 Å². The fourth-order valence-corrected chi connectivity index (χ4v) is 5.01. The highest BCUT2D eigenvalue weighted by atomic mass is 16.2. The maximum Gasteiger partial charge on any atom is 0.228 e. The van der Waals surface area contributed by atoms with Crippen LogP contribution in [0.5, 0.6) is 0 Å². The SMILES string of the molecule is CC(=O)N1CCC([C@@H]2C[C@H]2C(=O)Nc2cc3cc(-c4cnccc4C)nc(N)c3cn2)CC1. The molecule has 1 aliphatic heterocycles. The van der Waals surface area contributed by atoms with Crippen LogP contribution in [0, 0.1) is 24.7 Å². The molecule has 3 aromatic rings. The van der Waals surface area contributed by atoms with E-state index >= 15 is 0 Å². The molecule has 8 heteroatoms. The van der Waals surface area contributed by atoms with Crippen molar-refractivity contribution in [1.29, 1.82) is 0 Å². The third kappa shape index (κ3) is 4.25. The van der Waals surface area contributed by atoms with Crippen LogP contribution >= 0.6 is 0 Å². The summed E-state index contributed by atoms with van der Waals surface area (Å²) < 4.78 is 0. The van der Waals surface area contributed by atoms with Crippen molar-refractivity contribution in [2.75, 3.05) is 24.1 Å². The number of hydrogen-bond donors (Lipinski definition) is 2. The highest BCUT2D eigenvalue weighted by Gasteiger charge is 2.48. The number of nitrogen functional groups attached to an aromatic ring is 1. The third-order valence-electron chi connectivity index (χ3n) is 7.08. The molecular weight excluding hydrogens is 416 g/mol. The molecule has 33 heavy (non-hydrogen) atoms. The number of likely N-dealkylation sites (tertiary alicyclic amines) is 1. The average Bonchev–Trinajstić information content (AvgIpc) is 3.60. The summed E-state index contributed by atoms with van der Waals surface area (Å²) in [5, 5.41) is 4.61. The number of anilines is 2. The van der Waals surface area contributed by atoms with E-state index in [4.69, 9.17) is 5.73 Å². The van der Waals surface area contributed by atoms with E-state index in [1.165, 1.54) is 0 Å². The molecule has 3 N–H and O–H groups in total. The van der Waals surface area contributed by atoms with E-state index in [1.54, 1.807) is 25.5 Å². The fourth-order valence-electron chi connectivity index (χ4n) is 5.01. The Morgan fingerprint density at radius 1 is 1.18 bits per heavy atom. The van der Waals surface area contributed by atoms with Gasteiger partial charge in [-0.25, -0.2) is 9.97 Å². The van der Waals surface area contributed by atoms with Crippen LogP contribution in [0.2, 0.25) is 0 Å². The van der Waals surface area contributed by atoms with Crippen molar-refractivity contribution in [3.63, 3.8) is 0 Å². The van der Waals surface area contributed by atoms with Gasteiger partial charge in [0.15, 0.2) is 0 Å². The first-order valence-corrected chi connectivity index (χ1v) is 11.4. The Labute approximate surface area is 192 Å². The van der Waals surface area contributed by atoms with Gasteiger partial charge in [-0.05, 0) is 67.2 Å². The lowest BCUT2D eigenvalue weighted by molar-refractivity contribution is -0.130. The Bertz CT molecular complexity index is 1230. The summed E-state index contributed by atoms with van der Waals surface area (Å²) in [7, 11) is 0. The van der Waals surface area contributed by atoms with Crippen molar-refractivity contribution in [3.05, 3.63) is 42.4 Å². The van der Waals surface area contributed by atoms with E-state index in [0.29, 0.717) is 23.5 Å². The second-order valence-electron chi connectivity index (χ2n) is 9.21. The molecular formula is C25H28N6O2. The standard InChI is InChI=1S/C25H28N6O2/c1-14-3-6-27-12-20(14)22-9-17-10-23(28-13-21(17)24(26)29-22)30-25(33)19-11-18(19)16-4-7-31(8-5-16)15(2)32/h3,6,9-10,12-13,16,18-19H,4-5,7-8,11H2,1-2H3,(H2,26,29)(H,28,30,33)/t18-,19+/m0/s1. The smallest absolute Gasteiger partial charge is 0.228 e. The van der Waals surface area contributed by atoms with Crippen molar-refractivity contribution in [2.24, 2.45) is 17.8 Å². The maximum absolute atomic E-state index is 12.9. The topological polar surface area (TPSA) is 114 Å². The van der Waals surface area contributed by atoms with E-state index in [1.807, 2.05) is 30.0 Å². The number of nitrogens with zero attached hydrogens (tertiary/aromatic N) is 4. The normalized spacial score (nSPS) is 20.6. The van der Waals surface area contributed by atoms with Gasteiger partial charge < -0.3 is 16.0 Å². The molecule has 0 bridgehead atoms. The zero-order valence-electron chi connectivity index (χ0n) is 18.9. The van der Waals surface area contributed by atoms with Gasteiger partial charge in [-0.3, -0.25) is 14.6 Å². The van der Waals surface area contributed by atoms with Crippen LogP contribution in [0.15, 0.2) is 36.8 Å². The number of amides is 2. The van der Waals surface area contributed by atoms with Gasteiger partial charge in [0.05, 0.1) is 5.69 Å². The number of nitrogens with two attached hydrogens (primary N) is 1. The summed E-state index contributed by atoms with van der Waals surface area (Å²) in [5.41, 5.74) is 8.93. The zero-order chi connectivity index (χ0) is 23.1. The monoisotopic (exact) mass is 444 g/mol. The minimum Gasteiger partial charge on any atom is -0.383 e. The number of fused-ring (bicyclic) bond motifs is 1. The molecule has 4 heterocycles.